The number of ether oxygens (including phenoxy) is 1. The average molecular weight is 255 g/mol. The number of benzene rings is 1. The predicted octanol–water partition coefficient (Wildman–Crippen LogP) is 1.74. The Hall–Kier alpha value is -1.81. The van der Waals surface area contributed by atoms with Gasteiger partial charge in [-0.05, 0) is 24.1 Å². The Balaban J connectivity index is 1.86. The summed E-state index contributed by atoms with van der Waals surface area (Å²) in [6.07, 6.45) is 3.00. The predicted molar refractivity (Wildman–Crippen MR) is 73.3 cm³/mol. The van der Waals surface area contributed by atoms with E-state index in [2.05, 4.69) is 16.7 Å². The van der Waals surface area contributed by atoms with Crippen LogP contribution in [0.4, 0.5) is 0 Å². The first-order chi connectivity index (χ1) is 9.26. The van der Waals surface area contributed by atoms with E-state index in [1.54, 1.807) is 7.11 Å². The van der Waals surface area contributed by atoms with Gasteiger partial charge in [-0.15, -0.1) is 0 Å². The highest BCUT2D eigenvalue weighted by Gasteiger charge is 2.29. The number of methoxy groups -OCH3 is 1. The summed E-state index contributed by atoms with van der Waals surface area (Å²) in [5.41, 5.74) is 11.1. The van der Waals surface area contributed by atoms with Crippen LogP contribution in [0, 0.1) is 0 Å². The minimum absolute atomic E-state index is 0.268. The lowest BCUT2D eigenvalue weighted by molar-refractivity contribution is 0.415. The van der Waals surface area contributed by atoms with Crippen LogP contribution < -0.4 is 10.5 Å². The maximum absolute atomic E-state index is 6.08. The molecule has 4 rings (SSSR count). The zero-order valence-electron chi connectivity index (χ0n) is 11.0. The molecular weight excluding hydrogens is 238 g/mol. The molecule has 1 aliphatic carbocycles. The Morgan fingerprint density at radius 2 is 2.32 bits per heavy atom. The van der Waals surface area contributed by atoms with Gasteiger partial charge in [0, 0.05) is 36.7 Å². The highest BCUT2D eigenvalue weighted by molar-refractivity contribution is 5.74. The molecule has 1 aromatic heterocycles. The van der Waals surface area contributed by atoms with Crippen LogP contribution in [0.5, 0.6) is 5.75 Å². The maximum atomic E-state index is 6.08. The van der Waals surface area contributed by atoms with Gasteiger partial charge in [0.15, 0.2) is 0 Å². The van der Waals surface area contributed by atoms with Crippen molar-refractivity contribution in [3.05, 3.63) is 35.3 Å². The molecule has 4 heteroatoms. The lowest BCUT2D eigenvalue weighted by atomic mass is 10.1. The molecule has 0 bridgehead atoms. The summed E-state index contributed by atoms with van der Waals surface area (Å²) in [4.78, 5) is 4.83. The second-order valence-electron chi connectivity index (χ2n) is 5.43. The van der Waals surface area contributed by atoms with Crippen LogP contribution in [0.25, 0.3) is 11.3 Å². The van der Waals surface area contributed by atoms with Gasteiger partial charge in [-0.3, -0.25) is 0 Å². The molecule has 19 heavy (non-hydrogen) atoms. The Bertz CT molecular complexity index is 660. The number of rotatable bonds is 1. The Kier molecular flexibility index (Phi) is 2.23. The van der Waals surface area contributed by atoms with Gasteiger partial charge in [0.05, 0.1) is 12.8 Å². The second kappa shape index (κ2) is 3.84. The number of aromatic nitrogens is 2. The molecule has 0 saturated carbocycles. The van der Waals surface area contributed by atoms with Gasteiger partial charge in [-0.1, -0.05) is 6.07 Å². The van der Waals surface area contributed by atoms with E-state index in [9.17, 15) is 0 Å². The van der Waals surface area contributed by atoms with Crippen molar-refractivity contribution in [3.8, 4) is 17.0 Å². The largest absolute Gasteiger partial charge is 0.497 e. The summed E-state index contributed by atoms with van der Waals surface area (Å²) in [6.45, 7) is 0.906. The zero-order valence-corrected chi connectivity index (χ0v) is 11.0. The fraction of sp³-hybridized carbons (Fsp3) is 0.400. The molecule has 0 fully saturated rings. The Labute approximate surface area is 112 Å². The summed E-state index contributed by atoms with van der Waals surface area (Å²) >= 11 is 0. The van der Waals surface area contributed by atoms with Crippen molar-refractivity contribution in [1.82, 2.24) is 9.55 Å². The lowest BCUT2D eigenvalue weighted by Gasteiger charge is -2.21. The molecule has 1 unspecified atom stereocenters. The molecule has 4 nitrogen and oxygen atoms in total. The van der Waals surface area contributed by atoms with E-state index in [1.807, 2.05) is 6.07 Å². The summed E-state index contributed by atoms with van der Waals surface area (Å²) in [7, 11) is 1.70. The van der Waals surface area contributed by atoms with Crippen LogP contribution in [0.1, 0.15) is 23.5 Å². The molecule has 2 heterocycles. The number of aryl methyl sites for hydroxylation is 1. The SMILES string of the molecule is COc1ccc2c(c1)-c1nc3n(c1C2)CC(N)CC3. The van der Waals surface area contributed by atoms with Crippen molar-refractivity contribution in [1.29, 1.82) is 0 Å². The minimum Gasteiger partial charge on any atom is -0.497 e. The van der Waals surface area contributed by atoms with Gasteiger partial charge in [-0.2, -0.15) is 0 Å². The quantitative estimate of drug-likeness (QED) is 0.720. The van der Waals surface area contributed by atoms with Crippen molar-refractivity contribution < 1.29 is 4.74 Å². The number of nitrogens with two attached hydrogens (primary N) is 1. The third kappa shape index (κ3) is 1.53. The fourth-order valence-corrected chi connectivity index (χ4v) is 3.22. The van der Waals surface area contributed by atoms with Gasteiger partial charge in [0.25, 0.3) is 0 Å². The number of fused-ring (bicyclic) bond motifs is 5. The van der Waals surface area contributed by atoms with Crippen molar-refractivity contribution in [3.63, 3.8) is 0 Å². The zero-order chi connectivity index (χ0) is 13.0. The van der Waals surface area contributed by atoms with Gasteiger partial charge in [-0.25, -0.2) is 4.98 Å². The molecule has 98 valence electrons. The molecular formula is C15H17N3O. The molecule has 2 N–H and O–H groups in total. The van der Waals surface area contributed by atoms with Crippen LogP contribution in [0.15, 0.2) is 18.2 Å². The summed E-state index contributed by atoms with van der Waals surface area (Å²) < 4.78 is 7.65. The smallest absolute Gasteiger partial charge is 0.119 e. The molecule has 0 amide bonds. The first kappa shape index (κ1) is 11.1. The first-order valence-electron chi connectivity index (χ1n) is 6.77. The summed E-state index contributed by atoms with van der Waals surface area (Å²) in [5, 5.41) is 0. The highest BCUT2D eigenvalue weighted by Crippen LogP contribution is 2.39. The number of nitrogens with zero attached hydrogens (tertiary/aromatic N) is 2. The van der Waals surface area contributed by atoms with Crippen LogP contribution in [0.2, 0.25) is 0 Å². The number of hydrogen-bond acceptors (Lipinski definition) is 3. The van der Waals surface area contributed by atoms with Gasteiger partial charge in [0.2, 0.25) is 0 Å². The van der Waals surface area contributed by atoms with E-state index in [0.717, 1.165) is 37.3 Å². The van der Waals surface area contributed by atoms with Crippen LogP contribution >= 0.6 is 0 Å². The van der Waals surface area contributed by atoms with Gasteiger partial charge in [0.1, 0.15) is 11.6 Å². The number of hydrogen-bond donors (Lipinski definition) is 1. The fourth-order valence-electron chi connectivity index (χ4n) is 3.22. The normalized spacial score (nSPS) is 19.8. The van der Waals surface area contributed by atoms with Crippen LogP contribution in [-0.2, 0) is 19.4 Å². The molecule has 2 aromatic rings. The van der Waals surface area contributed by atoms with Crippen molar-refractivity contribution in [2.45, 2.75) is 31.8 Å². The highest BCUT2D eigenvalue weighted by atomic mass is 16.5. The van der Waals surface area contributed by atoms with Crippen molar-refractivity contribution in [2.24, 2.45) is 5.73 Å². The number of imidazole rings is 1. The van der Waals surface area contributed by atoms with E-state index in [0.29, 0.717) is 0 Å². The second-order valence-corrected chi connectivity index (χ2v) is 5.43. The van der Waals surface area contributed by atoms with Gasteiger partial charge < -0.3 is 15.0 Å². The van der Waals surface area contributed by atoms with Crippen LogP contribution in [0.3, 0.4) is 0 Å². The molecule has 1 aliphatic heterocycles. The van der Waals surface area contributed by atoms with Crippen molar-refractivity contribution >= 4 is 0 Å². The standard InChI is InChI=1S/C15H17N3O/c1-19-11-4-2-9-6-13-15(12(9)7-11)17-14-5-3-10(16)8-18(13)14/h2,4,7,10H,3,5-6,8,16H2,1H3. The molecule has 0 spiro atoms. The molecule has 1 aromatic carbocycles. The monoisotopic (exact) mass is 255 g/mol. The molecule has 0 saturated heterocycles. The average Bonchev–Trinajstić information content (AvgIpc) is 2.94. The van der Waals surface area contributed by atoms with E-state index < -0.39 is 0 Å². The minimum atomic E-state index is 0.268. The van der Waals surface area contributed by atoms with E-state index in [1.165, 1.54) is 22.6 Å². The third-order valence-electron chi connectivity index (χ3n) is 4.24. The molecule has 1 atom stereocenters. The maximum Gasteiger partial charge on any atom is 0.119 e. The van der Waals surface area contributed by atoms with Gasteiger partial charge >= 0.3 is 0 Å². The van der Waals surface area contributed by atoms with Crippen molar-refractivity contribution in [2.75, 3.05) is 7.11 Å². The third-order valence-corrected chi connectivity index (χ3v) is 4.24. The summed E-state index contributed by atoms with van der Waals surface area (Å²) in [6, 6.07) is 6.53. The molecule has 2 aliphatic rings. The van der Waals surface area contributed by atoms with E-state index in [4.69, 9.17) is 15.5 Å². The van der Waals surface area contributed by atoms with E-state index >= 15 is 0 Å². The first-order valence-corrected chi connectivity index (χ1v) is 6.77. The topological polar surface area (TPSA) is 53.1 Å². The lowest BCUT2D eigenvalue weighted by Crippen LogP contribution is -2.32. The summed E-state index contributed by atoms with van der Waals surface area (Å²) in [5.74, 6) is 2.09. The molecule has 0 radical (unpaired) electrons. The Morgan fingerprint density at radius 1 is 1.42 bits per heavy atom. The van der Waals surface area contributed by atoms with Crippen LogP contribution in [-0.4, -0.2) is 22.7 Å². The Morgan fingerprint density at radius 3 is 3.16 bits per heavy atom. The van der Waals surface area contributed by atoms with E-state index in [-0.39, 0.29) is 6.04 Å².